The third-order valence-corrected chi connectivity index (χ3v) is 2.61. The average molecular weight is 294 g/mol. The molecule has 1 unspecified atom stereocenters. The molecule has 0 saturated carbocycles. The summed E-state index contributed by atoms with van der Waals surface area (Å²) in [5, 5.41) is 2.94. The lowest BCUT2D eigenvalue weighted by Crippen LogP contribution is -2.41. The molecule has 0 saturated heterocycles. The lowest BCUT2D eigenvalue weighted by Gasteiger charge is -2.19. The molecule has 1 aromatic rings. The summed E-state index contributed by atoms with van der Waals surface area (Å²) in [6.07, 6.45) is 4.94. The van der Waals surface area contributed by atoms with Crippen LogP contribution in [-0.2, 0) is 4.79 Å². The van der Waals surface area contributed by atoms with Gasteiger partial charge in [0.2, 0.25) is 5.91 Å². The molecular formula is C12H21Cl2N3O. The van der Waals surface area contributed by atoms with Gasteiger partial charge in [0.1, 0.15) is 0 Å². The van der Waals surface area contributed by atoms with Gasteiger partial charge in [0, 0.05) is 12.4 Å². The predicted molar refractivity (Wildman–Crippen MR) is 78.2 cm³/mol. The van der Waals surface area contributed by atoms with Crippen LogP contribution in [0.1, 0.15) is 38.3 Å². The summed E-state index contributed by atoms with van der Waals surface area (Å²) < 4.78 is 0. The lowest BCUT2D eigenvalue weighted by molar-refractivity contribution is -0.123. The first-order valence-electron chi connectivity index (χ1n) is 5.64. The third-order valence-electron chi connectivity index (χ3n) is 2.61. The fourth-order valence-corrected chi connectivity index (χ4v) is 1.48. The summed E-state index contributed by atoms with van der Waals surface area (Å²) in [5.41, 5.74) is 6.74. The molecule has 0 spiro atoms. The van der Waals surface area contributed by atoms with E-state index in [1.54, 1.807) is 12.4 Å². The topological polar surface area (TPSA) is 68.0 Å². The van der Waals surface area contributed by atoms with Gasteiger partial charge in [0.05, 0.1) is 12.1 Å². The minimum absolute atomic E-state index is 0. The number of halogens is 2. The average Bonchev–Trinajstić information content (AvgIpc) is 2.35. The zero-order chi connectivity index (χ0) is 12.0. The Balaban J connectivity index is 0. The van der Waals surface area contributed by atoms with Crippen LogP contribution in [0.2, 0.25) is 0 Å². The maximum atomic E-state index is 11.7. The SMILES string of the molecule is CCC(NC(=O)[C@@H](N)CC)c1ccncc1.Cl.Cl. The van der Waals surface area contributed by atoms with Crippen LogP contribution < -0.4 is 11.1 Å². The standard InChI is InChI=1S/C12H19N3O.2ClH/c1-3-10(13)12(16)15-11(4-2)9-5-7-14-8-6-9;;/h5-8,10-11H,3-4,13H2,1-2H3,(H,15,16);2*1H/t10-,11?;;/m0../s1. The second-order valence-electron chi connectivity index (χ2n) is 3.76. The number of nitrogens with zero attached hydrogens (tertiary/aromatic N) is 1. The maximum absolute atomic E-state index is 11.7. The van der Waals surface area contributed by atoms with Gasteiger partial charge in [-0.15, -0.1) is 24.8 Å². The maximum Gasteiger partial charge on any atom is 0.237 e. The number of carbonyl (C=O) groups excluding carboxylic acids is 1. The number of carbonyl (C=O) groups is 1. The monoisotopic (exact) mass is 293 g/mol. The van der Waals surface area contributed by atoms with Crippen molar-refractivity contribution < 1.29 is 4.79 Å². The van der Waals surface area contributed by atoms with E-state index in [9.17, 15) is 4.79 Å². The molecule has 18 heavy (non-hydrogen) atoms. The number of pyridine rings is 1. The molecule has 6 heteroatoms. The van der Waals surface area contributed by atoms with Crippen LogP contribution in [0.25, 0.3) is 0 Å². The van der Waals surface area contributed by atoms with Crippen molar-refractivity contribution >= 4 is 30.7 Å². The van der Waals surface area contributed by atoms with Crippen LogP contribution in [0, 0.1) is 0 Å². The second-order valence-corrected chi connectivity index (χ2v) is 3.76. The van der Waals surface area contributed by atoms with Crippen molar-refractivity contribution in [3.05, 3.63) is 30.1 Å². The van der Waals surface area contributed by atoms with E-state index >= 15 is 0 Å². The third kappa shape index (κ3) is 5.67. The Morgan fingerprint density at radius 1 is 1.28 bits per heavy atom. The zero-order valence-corrected chi connectivity index (χ0v) is 12.3. The van der Waals surface area contributed by atoms with Gasteiger partial charge in [0.15, 0.2) is 0 Å². The number of hydrogen-bond acceptors (Lipinski definition) is 3. The van der Waals surface area contributed by atoms with E-state index in [2.05, 4.69) is 10.3 Å². The molecule has 1 aromatic heterocycles. The fraction of sp³-hybridized carbons (Fsp3) is 0.500. The number of amides is 1. The summed E-state index contributed by atoms with van der Waals surface area (Å²) >= 11 is 0. The largest absolute Gasteiger partial charge is 0.348 e. The molecule has 0 aromatic carbocycles. The highest BCUT2D eigenvalue weighted by Crippen LogP contribution is 2.15. The predicted octanol–water partition coefficient (Wildman–Crippen LogP) is 2.23. The van der Waals surface area contributed by atoms with Crippen molar-refractivity contribution in [2.75, 3.05) is 0 Å². The van der Waals surface area contributed by atoms with Crippen LogP contribution in [0.3, 0.4) is 0 Å². The molecule has 1 amide bonds. The Bertz CT molecular complexity index is 335. The van der Waals surface area contributed by atoms with Gasteiger partial charge in [-0.25, -0.2) is 0 Å². The lowest BCUT2D eigenvalue weighted by atomic mass is 10.1. The number of nitrogens with one attached hydrogen (secondary N) is 1. The zero-order valence-electron chi connectivity index (χ0n) is 10.6. The molecule has 0 aliphatic carbocycles. The highest BCUT2D eigenvalue weighted by molar-refractivity contribution is 5.85. The first-order valence-corrected chi connectivity index (χ1v) is 5.64. The van der Waals surface area contributed by atoms with Gasteiger partial charge < -0.3 is 11.1 Å². The van der Waals surface area contributed by atoms with Crippen molar-refractivity contribution in [2.45, 2.75) is 38.8 Å². The van der Waals surface area contributed by atoms with Crippen molar-refractivity contribution in [2.24, 2.45) is 5.73 Å². The minimum Gasteiger partial charge on any atom is -0.348 e. The van der Waals surface area contributed by atoms with E-state index in [4.69, 9.17) is 5.73 Å². The van der Waals surface area contributed by atoms with E-state index in [0.29, 0.717) is 6.42 Å². The second kappa shape index (κ2) is 10.1. The Kier molecular flexibility index (Phi) is 11.0. The Hall–Kier alpha value is -0.840. The first kappa shape index (κ1) is 19.5. The van der Waals surface area contributed by atoms with E-state index in [1.165, 1.54) is 0 Å². The molecule has 0 radical (unpaired) electrons. The van der Waals surface area contributed by atoms with Crippen molar-refractivity contribution in [3.8, 4) is 0 Å². The van der Waals surface area contributed by atoms with E-state index in [1.807, 2.05) is 26.0 Å². The molecule has 4 nitrogen and oxygen atoms in total. The van der Waals surface area contributed by atoms with E-state index in [0.717, 1.165) is 12.0 Å². The number of nitrogens with two attached hydrogens (primary N) is 1. The number of rotatable bonds is 5. The number of hydrogen-bond donors (Lipinski definition) is 2. The van der Waals surface area contributed by atoms with Crippen LogP contribution in [0.15, 0.2) is 24.5 Å². The van der Waals surface area contributed by atoms with Crippen LogP contribution in [0.5, 0.6) is 0 Å². The molecule has 2 atom stereocenters. The van der Waals surface area contributed by atoms with Crippen LogP contribution in [0.4, 0.5) is 0 Å². The quantitative estimate of drug-likeness (QED) is 0.875. The molecule has 1 rings (SSSR count). The highest BCUT2D eigenvalue weighted by atomic mass is 35.5. The smallest absolute Gasteiger partial charge is 0.237 e. The summed E-state index contributed by atoms with van der Waals surface area (Å²) in [6, 6.07) is 3.42. The van der Waals surface area contributed by atoms with Crippen molar-refractivity contribution in [1.82, 2.24) is 10.3 Å². The van der Waals surface area contributed by atoms with E-state index in [-0.39, 0.29) is 36.8 Å². The molecular weight excluding hydrogens is 273 g/mol. The normalized spacial score (nSPS) is 12.6. The number of aromatic nitrogens is 1. The summed E-state index contributed by atoms with van der Waals surface area (Å²) in [7, 11) is 0. The highest BCUT2D eigenvalue weighted by Gasteiger charge is 2.16. The summed E-state index contributed by atoms with van der Waals surface area (Å²) in [4.78, 5) is 15.6. The van der Waals surface area contributed by atoms with Gasteiger partial charge in [-0.05, 0) is 30.5 Å². The Morgan fingerprint density at radius 2 is 1.83 bits per heavy atom. The van der Waals surface area contributed by atoms with Crippen LogP contribution in [-0.4, -0.2) is 16.9 Å². The molecule has 0 aliphatic heterocycles. The Labute approximate surface area is 121 Å². The summed E-state index contributed by atoms with van der Waals surface area (Å²) in [6.45, 7) is 3.93. The molecule has 104 valence electrons. The van der Waals surface area contributed by atoms with Gasteiger partial charge in [-0.2, -0.15) is 0 Å². The molecule has 3 N–H and O–H groups in total. The molecule has 0 bridgehead atoms. The summed E-state index contributed by atoms with van der Waals surface area (Å²) in [5.74, 6) is -0.0915. The molecule has 1 heterocycles. The molecule has 0 fully saturated rings. The minimum atomic E-state index is -0.420. The van der Waals surface area contributed by atoms with E-state index < -0.39 is 6.04 Å². The Morgan fingerprint density at radius 3 is 2.28 bits per heavy atom. The first-order chi connectivity index (χ1) is 7.69. The van der Waals surface area contributed by atoms with Crippen molar-refractivity contribution in [1.29, 1.82) is 0 Å². The van der Waals surface area contributed by atoms with Gasteiger partial charge >= 0.3 is 0 Å². The van der Waals surface area contributed by atoms with Gasteiger partial charge in [-0.1, -0.05) is 13.8 Å². The van der Waals surface area contributed by atoms with Gasteiger partial charge in [-0.3, -0.25) is 9.78 Å². The van der Waals surface area contributed by atoms with Crippen molar-refractivity contribution in [3.63, 3.8) is 0 Å². The fourth-order valence-electron chi connectivity index (χ4n) is 1.48. The van der Waals surface area contributed by atoms with Gasteiger partial charge in [0.25, 0.3) is 0 Å². The van der Waals surface area contributed by atoms with Crippen LogP contribution >= 0.6 is 24.8 Å². The molecule has 0 aliphatic rings.